The summed E-state index contributed by atoms with van der Waals surface area (Å²) in [6.07, 6.45) is 0. The van der Waals surface area contributed by atoms with E-state index >= 15 is 0 Å². The molecule has 0 radical (unpaired) electrons. The van der Waals surface area contributed by atoms with Crippen molar-refractivity contribution in [1.29, 1.82) is 0 Å². The molecule has 1 nitrogen and oxygen atoms in total. The van der Waals surface area contributed by atoms with E-state index in [9.17, 15) is 0 Å². The molecule has 4 rings (SSSR count). The minimum atomic E-state index is 0.846. The van der Waals surface area contributed by atoms with Crippen molar-refractivity contribution in [2.75, 3.05) is 5.73 Å². The van der Waals surface area contributed by atoms with Crippen LogP contribution in [0.2, 0.25) is 0 Å². The Kier molecular flexibility index (Phi) is 3.83. The first kappa shape index (κ1) is 13.2. The third kappa shape index (κ3) is 2.87. The number of nitrogen functional groups attached to an aromatic ring is 1. The van der Waals surface area contributed by atoms with Gasteiger partial charge in [-0.2, -0.15) is 0 Å². The number of nitrogens with two attached hydrogens (primary N) is 1. The SMILES string of the molecule is Nc1cccc2c1ccc1ccccc12.c1ccccc1. The molecule has 0 atom stereocenters. The van der Waals surface area contributed by atoms with E-state index in [1.807, 2.05) is 48.5 Å². The van der Waals surface area contributed by atoms with E-state index < -0.39 is 0 Å². The average molecular weight is 271 g/mol. The molecule has 0 spiro atoms. The van der Waals surface area contributed by atoms with Crippen molar-refractivity contribution >= 4 is 27.2 Å². The quantitative estimate of drug-likeness (QED) is 0.342. The highest BCUT2D eigenvalue weighted by Gasteiger charge is 2.00. The molecule has 0 aromatic heterocycles. The average Bonchev–Trinajstić information content (AvgIpc) is 2.57. The second kappa shape index (κ2) is 6.10. The highest BCUT2D eigenvalue weighted by molar-refractivity contribution is 6.10. The highest BCUT2D eigenvalue weighted by atomic mass is 14.5. The van der Waals surface area contributed by atoms with Crippen molar-refractivity contribution in [3.05, 3.63) is 91.0 Å². The lowest BCUT2D eigenvalue weighted by Crippen LogP contribution is -1.86. The summed E-state index contributed by atoms with van der Waals surface area (Å²) < 4.78 is 0. The predicted octanol–water partition coefficient (Wildman–Crippen LogP) is 5.26. The van der Waals surface area contributed by atoms with Crippen LogP contribution >= 0.6 is 0 Å². The number of hydrogen-bond acceptors (Lipinski definition) is 1. The molecule has 0 saturated carbocycles. The summed E-state index contributed by atoms with van der Waals surface area (Å²) >= 11 is 0. The molecule has 0 saturated heterocycles. The molecule has 0 unspecified atom stereocenters. The lowest BCUT2D eigenvalue weighted by Gasteiger charge is -2.05. The summed E-state index contributed by atoms with van der Waals surface area (Å²) in [6.45, 7) is 0. The van der Waals surface area contributed by atoms with Gasteiger partial charge in [0, 0.05) is 11.1 Å². The fourth-order valence-electron chi connectivity index (χ4n) is 2.45. The molecule has 0 aliphatic heterocycles. The van der Waals surface area contributed by atoms with E-state index in [2.05, 4.69) is 42.5 Å². The van der Waals surface area contributed by atoms with Gasteiger partial charge in [0.05, 0.1) is 0 Å². The molecule has 0 heterocycles. The summed E-state index contributed by atoms with van der Waals surface area (Å²) in [5, 5.41) is 4.89. The number of rotatable bonds is 0. The lowest BCUT2D eigenvalue weighted by molar-refractivity contribution is 1.72. The van der Waals surface area contributed by atoms with Crippen LogP contribution in [0.25, 0.3) is 21.5 Å². The van der Waals surface area contributed by atoms with Crippen LogP contribution < -0.4 is 5.73 Å². The largest absolute Gasteiger partial charge is 0.398 e. The van der Waals surface area contributed by atoms with Crippen LogP contribution in [0.5, 0.6) is 0 Å². The Hall–Kier alpha value is -2.80. The Morgan fingerprint density at radius 1 is 0.429 bits per heavy atom. The van der Waals surface area contributed by atoms with Crippen molar-refractivity contribution < 1.29 is 0 Å². The number of anilines is 1. The molecule has 0 bridgehead atoms. The lowest BCUT2D eigenvalue weighted by atomic mass is 10.0. The summed E-state index contributed by atoms with van der Waals surface area (Å²) in [5.41, 5.74) is 6.79. The van der Waals surface area contributed by atoms with Gasteiger partial charge >= 0.3 is 0 Å². The van der Waals surface area contributed by atoms with Crippen LogP contribution in [0.4, 0.5) is 5.69 Å². The molecule has 2 N–H and O–H groups in total. The standard InChI is InChI=1S/C14H11N.C6H6/c15-14-7-3-6-12-11-5-2-1-4-10(11)8-9-13(12)14;1-2-4-6-5-3-1/h1-9H,15H2;1-6H. The van der Waals surface area contributed by atoms with Gasteiger partial charge in [0.25, 0.3) is 0 Å². The molecule has 0 aliphatic carbocycles. The zero-order valence-electron chi connectivity index (χ0n) is 11.7. The predicted molar refractivity (Wildman–Crippen MR) is 92.3 cm³/mol. The maximum absolute atomic E-state index is 5.95. The second-order valence-electron chi connectivity index (χ2n) is 4.88. The van der Waals surface area contributed by atoms with E-state index in [4.69, 9.17) is 5.73 Å². The molecule has 0 amide bonds. The second-order valence-corrected chi connectivity index (χ2v) is 4.88. The maximum Gasteiger partial charge on any atom is 0.0393 e. The summed E-state index contributed by atoms with van der Waals surface area (Å²) in [4.78, 5) is 0. The van der Waals surface area contributed by atoms with Crippen molar-refractivity contribution in [1.82, 2.24) is 0 Å². The van der Waals surface area contributed by atoms with Gasteiger partial charge in [0.15, 0.2) is 0 Å². The van der Waals surface area contributed by atoms with E-state index in [0.717, 1.165) is 11.1 Å². The van der Waals surface area contributed by atoms with Crippen molar-refractivity contribution in [2.45, 2.75) is 0 Å². The summed E-state index contributed by atoms with van der Waals surface area (Å²) in [6, 6.07) is 30.6. The van der Waals surface area contributed by atoms with Crippen molar-refractivity contribution in [3.8, 4) is 0 Å². The van der Waals surface area contributed by atoms with Gasteiger partial charge in [-0.05, 0) is 22.2 Å². The molecule has 102 valence electrons. The molecule has 4 aromatic carbocycles. The fourth-order valence-corrected chi connectivity index (χ4v) is 2.45. The van der Waals surface area contributed by atoms with Crippen LogP contribution in [0.1, 0.15) is 0 Å². The maximum atomic E-state index is 5.95. The zero-order chi connectivity index (χ0) is 14.5. The van der Waals surface area contributed by atoms with E-state index in [1.165, 1.54) is 16.2 Å². The van der Waals surface area contributed by atoms with Crippen LogP contribution in [-0.2, 0) is 0 Å². The van der Waals surface area contributed by atoms with Gasteiger partial charge < -0.3 is 5.73 Å². The Labute approximate surface area is 124 Å². The Balaban J connectivity index is 0.000000186. The first-order valence-corrected chi connectivity index (χ1v) is 7.02. The van der Waals surface area contributed by atoms with Crippen molar-refractivity contribution in [3.63, 3.8) is 0 Å². The molecule has 0 fully saturated rings. The number of fused-ring (bicyclic) bond motifs is 3. The highest BCUT2D eigenvalue weighted by Crippen LogP contribution is 2.28. The summed E-state index contributed by atoms with van der Waals surface area (Å²) in [5.74, 6) is 0. The van der Waals surface area contributed by atoms with Crippen LogP contribution in [0.15, 0.2) is 91.0 Å². The third-order valence-electron chi connectivity index (χ3n) is 3.49. The third-order valence-corrected chi connectivity index (χ3v) is 3.49. The molecule has 21 heavy (non-hydrogen) atoms. The van der Waals surface area contributed by atoms with Gasteiger partial charge in [0.2, 0.25) is 0 Å². The van der Waals surface area contributed by atoms with Gasteiger partial charge in [-0.1, -0.05) is 84.9 Å². The molecular formula is C20H17N. The van der Waals surface area contributed by atoms with Crippen LogP contribution in [0.3, 0.4) is 0 Å². The topological polar surface area (TPSA) is 26.0 Å². The minimum Gasteiger partial charge on any atom is -0.398 e. The van der Waals surface area contributed by atoms with Crippen LogP contribution in [0, 0.1) is 0 Å². The Bertz CT molecular complexity index is 824. The minimum absolute atomic E-state index is 0.846. The molecule has 0 aliphatic rings. The van der Waals surface area contributed by atoms with Gasteiger partial charge in [0.1, 0.15) is 0 Å². The summed E-state index contributed by atoms with van der Waals surface area (Å²) in [7, 11) is 0. The van der Waals surface area contributed by atoms with Gasteiger partial charge in [-0.3, -0.25) is 0 Å². The van der Waals surface area contributed by atoms with Crippen molar-refractivity contribution in [2.24, 2.45) is 0 Å². The monoisotopic (exact) mass is 271 g/mol. The fraction of sp³-hybridized carbons (Fsp3) is 0. The normalized spacial score (nSPS) is 10.1. The van der Waals surface area contributed by atoms with Gasteiger partial charge in [-0.25, -0.2) is 0 Å². The zero-order valence-corrected chi connectivity index (χ0v) is 11.7. The molecule has 1 heteroatoms. The van der Waals surface area contributed by atoms with E-state index in [-0.39, 0.29) is 0 Å². The first-order chi connectivity index (χ1) is 10.4. The Morgan fingerprint density at radius 3 is 1.76 bits per heavy atom. The number of benzene rings is 4. The Morgan fingerprint density at radius 2 is 1.05 bits per heavy atom. The smallest absolute Gasteiger partial charge is 0.0393 e. The van der Waals surface area contributed by atoms with E-state index in [1.54, 1.807) is 0 Å². The van der Waals surface area contributed by atoms with E-state index in [0.29, 0.717) is 0 Å². The molecular weight excluding hydrogens is 254 g/mol. The van der Waals surface area contributed by atoms with Gasteiger partial charge in [-0.15, -0.1) is 0 Å². The molecule has 4 aromatic rings. The number of hydrogen-bond donors (Lipinski definition) is 1. The first-order valence-electron chi connectivity index (χ1n) is 7.02. The van der Waals surface area contributed by atoms with Crippen LogP contribution in [-0.4, -0.2) is 0 Å².